The van der Waals surface area contributed by atoms with E-state index in [0.717, 1.165) is 24.3 Å². The van der Waals surface area contributed by atoms with Gasteiger partial charge in [0.25, 0.3) is 5.91 Å². The van der Waals surface area contributed by atoms with Crippen molar-refractivity contribution in [3.63, 3.8) is 0 Å². The Hall–Kier alpha value is -1.94. The molecule has 0 spiro atoms. The second kappa shape index (κ2) is 10.8. The summed E-state index contributed by atoms with van der Waals surface area (Å²) in [6.45, 7) is 3.46. The summed E-state index contributed by atoms with van der Waals surface area (Å²) in [5, 5.41) is 2.95. The zero-order chi connectivity index (χ0) is 17.9. The molecule has 1 amide bonds. The lowest BCUT2D eigenvalue weighted by atomic mass is 10.2. The summed E-state index contributed by atoms with van der Waals surface area (Å²) < 4.78 is 5.70. The molecular formula is C21H27NO2S. The van der Waals surface area contributed by atoms with Crippen molar-refractivity contribution in [2.24, 2.45) is 0 Å². The van der Waals surface area contributed by atoms with Crippen molar-refractivity contribution in [2.45, 2.75) is 44.0 Å². The number of carbonyl (C=O) groups is 1. The fraction of sp³-hybridized carbons (Fsp3) is 0.381. The Balaban J connectivity index is 1.77. The maximum absolute atomic E-state index is 12.2. The highest BCUT2D eigenvalue weighted by Crippen LogP contribution is 2.15. The molecule has 0 fully saturated rings. The average molecular weight is 358 g/mol. The van der Waals surface area contributed by atoms with E-state index >= 15 is 0 Å². The first-order valence-corrected chi connectivity index (χ1v) is 10.1. The predicted octanol–water partition coefficient (Wildman–Crippen LogP) is 5.30. The highest BCUT2D eigenvalue weighted by Gasteiger charge is 2.05. The van der Waals surface area contributed by atoms with Crippen molar-refractivity contribution >= 4 is 17.7 Å². The lowest BCUT2D eigenvalue weighted by molar-refractivity contribution is 0.0951. The van der Waals surface area contributed by atoms with Crippen molar-refractivity contribution in [3.05, 3.63) is 59.7 Å². The van der Waals surface area contributed by atoms with E-state index in [0.29, 0.717) is 12.1 Å². The molecule has 0 aliphatic heterocycles. The van der Waals surface area contributed by atoms with Gasteiger partial charge in [-0.15, -0.1) is 11.8 Å². The third kappa shape index (κ3) is 6.83. The van der Waals surface area contributed by atoms with Gasteiger partial charge in [0.15, 0.2) is 0 Å². The van der Waals surface area contributed by atoms with Gasteiger partial charge in [-0.2, -0.15) is 0 Å². The third-order valence-electron chi connectivity index (χ3n) is 4.00. The maximum Gasteiger partial charge on any atom is 0.251 e. The zero-order valence-corrected chi connectivity index (χ0v) is 15.9. The molecule has 0 saturated carbocycles. The maximum atomic E-state index is 12.2. The van der Waals surface area contributed by atoms with Gasteiger partial charge in [0.2, 0.25) is 0 Å². The molecule has 25 heavy (non-hydrogen) atoms. The van der Waals surface area contributed by atoms with E-state index in [1.165, 1.54) is 24.2 Å². The van der Waals surface area contributed by atoms with Crippen LogP contribution in [0.25, 0.3) is 0 Å². The molecule has 2 rings (SSSR count). The van der Waals surface area contributed by atoms with Gasteiger partial charge in [-0.1, -0.05) is 38.3 Å². The van der Waals surface area contributed by atoms with E-state index < -0.39 is 0 Å². The van der Waals surface area contributed by atoms with E-state index in [1.807, 2.05) is 36.4 Å². The molecule has 0 heterocycles. The number of rotatable bonds is 10. The van der Waals surface area contributed by atoms with Crippen LogP contribution in [0.4, 0.5) is 0 Å². The van der Waals surface area contributed by atoms with E-state index in [-0.39, 0.29) is 5.91 Å². The highest BCUT2D eigenvalue weighted by atomic mass is 32.2. The first-order chi connectivity index (χ1) is 12.2. The summed E-state index contributed by atoms with van der Waals surface area (Å²) in [7, 11) is 0. The van der Waals surface area contributed by atoms with E-state index in [9.17, 15) is 4.79 Å². The molecule has 0 unspecified atom stereocenters. The number of ether oxygens (including phenoxy) is 1. The van der Waals surface area contributed by atoms with Crippen LogP contribution in [0.5, 0.6) is 5.75 Å². The summed E-state index contributed by atoms with van der Waals surface area (Å²) in [4.78, 5) is 13.5. The van der Waals surface area contributed by atoms with Crippen molar-refractivity contribution in [3.8, 4) is 5.75 Å². The van der Waals surface area contributed by atoms with Gasteiger partial charge < -0.3 is 10.1 Å². The van der Waals surface area contributed by atoms with Crippen molar-refractivity contribution in [2.75, 3.05) is 12.9 Å². The molecule has 0 bridgehead atoms. The summed E-state index contributed by atoms with van der Waals surface area (Å²) in [6, 6.07) is 15.6. The fourth-order valence-corrected chi connectivity index (χ4v) is 2.86. The topological polar surface area (TPSA) is 38.3 Å². The van der Waals surface area contributed by atoms with Crippen LogP contribution in [-0.4, -0.2) is 18.8 Å². The number of thioether (sulfide) groups is 1. The molecule has 0 aromatic heterocycles. The summed E-state index contributed by atoms with van der Waals surface area (Å²) in [6.07, 6.45) is 6.81. The smallest absolute Gasteiger partial charge is 0.251 e. The third-order valence-corrected chi connectivity index (χ3v) is 4.74. The zero-order valence-electron chi connectivity index (χ0n) is 15.1. The fourth-order valence-electron chi connectivity index (χ4n) is 2.45. The highest BCUT2D eigenvalue weighted by molar-refractivity contribution is 7.98. The summed E-state index contributed by atoms with van der Waals surface area (Å²) in [5.41, 5.74) is 1.75. The van der Waals surface area contributed by atoms with Gasteiger partial charge in [0, 0.05) is 17.0 Å². The standard InChI is InChI=1S/C21H27NO2S/c1-3-4-5-6-15-24-19-11-9-18(10-12-19)21(23)22-16-17-7-13-20(25-2)14-8-17/h7-14H,3-6,15-16H2,1-2H3,(H,22,23). The van der Waals surface area contributed by atoms with Gasteiger partial charge in [-0.05, 0) is 54.6 Å². The van der Waals surface area contributed by atoms with Crippen LogP contribution in [0.1, 0.15) is 48.5 Å². The van der Waals surface area contributed by atoms with E-state index in [4.69, 9.17) is 4.74 Å². The second-order valence-electron chi connectivity index (χ2n) is 5.96. The minimum atomic E-state index is -0.0663. The number of amides is 1. The van der Waals surface area contributed by atoms with Crippen molar-refractivity contribution < 1.29 is 9.53 Å². The summed E-state index contributed by atoms with van der Waals surface area (Å²) >= 11 is 1.71. The number of unbranched alkanes of at least 4 members (excludes halogenated alkanes) is 3. The van der Waals surface area contributed by atoms with E-state index in [1.54, 1.807) is 11.8 Å². The second-order valence-corrected chi connectivity index (χ2v) is 6.84. The van der Waals surface area contributed by atoms with Gasteiger partial charge >= 0.3 is 0 Å². The average Bonchev–Trinajstić information content (AvgIpc) is 2.67. The number of hydrogen-bond donors (Lipinski definition) is 1. The molecule has 134 valence electrons. The molecule has 4 heteroatoms. The molecular weight excluding hydrogens is 330 g/mol. The number of hydrogen-bond acceptors (Lipinski definition) is 3. The minimum absolute atomic E-state index is 0.0663. The Morgan fingerprint density at radius 3 is 2.36 bits per heavy atom. The molecule has 2 aromatic carbocycles. The lowest BCUT2D eigenvalue weighted by Gasteiger charge is -2.08. The first-order valence-electron chi connectivity index (χ1n) is 8.87. The van der Waals surface area contributed by atoms with Gasteiger partial charge in [0.1, 0.15) is 5.75 Å². The van der Waals surface area contributed by atoms with E-state index in [2.05, 4.69) is 30.6 Å². The molecule has 0 saturated heterocycles. The lowest BCUT2D eigenvalue weighted by Crippen LogP contribution is -2.22. The van der Waals surface area contributed by atoms with Crippen LogP contribution in [0.15, 0.2) is 53.4 Å². The summed E-state index contributed by atoms with van der Waals surface area (Å²) in [5.74, 6) is 0.754. The Morgan fingerprint density at radius 1 is 1.00 bits per heavy atom. The quantitative estimate of drug-likeness (QED) is 0.463. The van der Waals surface area contributed by atoms with Gasteiger partial charge in [-0.25, -0.2) is 0 Å². The Kier molecular flexibility index (Phi) is 8.40. The molecule has 3 nitrogen and oxygen atoms in total. The molecule has 2 aromatic rings. The van der Waals surface area contributed by atoms with Crippen molar-refractivity contribution in [1.82, 2.24) is 5.32 Å². The molecule has 1 N–H and O–H groups in total. The monoisotopic (exact) mass is 357 g/mol. The molecule has 0 atom stereocenters. The molecule has 0 aliphatic carbocycles. The Bertz CT molecular complexity index is 638. The number of nitrogens with one attached hydrogen (secondary N) is 1. The van der Waals surface area contributed by atoms with Crippen LogP contribution in [0.2, 0.25) is 0 Å². The van der Waals surface area contributed by atoms with Crippen LogP contribution in [0, 0.1) is 0 Å². The number of carbonyl (C=O) groups excluding carboxylic acids is 1. The SMILES string of the molecule is CCCCCCOc1ccc(C(=O)NCc2ccc(SC)cc2)cc1. The van der Waals surface area contributed by atoms with Gasteiger partial charge in [0.05, 0.1) is 6.61 Å². The Labute approximate surface area is 155 Å². The number of benzene rings is 2. The Morgan fingerprint density at radius 2 is 1.72 bits per heavy atom. The molecule has 0 radical (unpaired) electrons. The molecule has 0 aliphatic rings. The minimum Gasteiger partial charge on any atom is -0.494 e. The largest absolute Gasteiger partial charge is 0.494 e. The van der Waals surface area contributed by atoms with Gasteiger partial charge in [-0.3, -0.25) is 4.79 Å². The van der Waals surface area contributed by atoms with Crippen LogP contribution in [-0.2, 0) is 6.54 Å². The normalized spacial score (nSPS) is 10.5. The van der Waals surface area contributed by atoms with Crippen LogP contribution < -0.4 is 10.1 Å². The first kappa shape index (κ1) is 19.4. The van der Waals surface area contributed by atoms with Crippen molar-refractivity contribution in [1.29, 1.82) is 0 Å². The van der Waals surface area contributed by atoms with Crippen LogP contribution >= 0.6 is 11.8 Å². The predicted molar refractivity (Wildman–Crippen MR) is 105 cm³/mol. The van der Waals surface area contributed by atoms with Crippen LogP contribution in [0.3, 0.4) is 0 Å².